The van der Waals surface area contributed by atoms with Gasteiger partial charge in [-0.1, -0.05) is 13.3 Å². The molecular formula is C18H25NO4. The van der Waals surface area contributed by atoms with E-state index in [2.05, 4.69) is 6.92 Å². The number of amides is 1. The standard InChI is InChI=1S/C18H25NO4/c1-3-4-12-23-15-9-7-14(8-10-15)17(20)19-11-5-6-16(13(19)2)18(21)22/h7-10,13,16H,3-6,11-12H2,1-2H3,(H,21,22)/t13-,16-/m0/s1. The molecule has 126 valence electrons. The van der Waals surface area contributed by atoms with Crippen LogP contribution < -0.4 is 4.74 Å². The van der Waals surface area contributed by atoms with Crippen LogP contribution >= 0.6 is 0 Å². The smallest absolute Gasteiger partial charge is 0.308 e. The van der Waals surface area contributed by atoms with E-state index in [1.54, 1.807) is 29.2 Å². The average molecular weight is 319 g/mol. The Balaban J connectivity index is 2.03. The first-order valence-corrected chi connectivity index (χ1v) is 8.31. The molecular weight excluding hydrogens is 294 g/mol. The third-order valence-electron chi connectivity index (χ3n) is 4.43. The van der Waals surface area contributed by atoms with Gasteiger partial charge >= 0.3 is 5.97 Å². The van der Waals surface area contributed by atoms with Gasteiger partial charge in [-0.3, -0.25) is 9.59 Å². The number of nitrogens with zero attached hydrogens (tertiary/aromatic N) is 1. The van der Waals surface area contributed by atoms with E-state index < -0.39 is 11.9 Å². The molecule has 0 saturated carbocycles. The number of hydrogen-bond donors (Lipinski definition) is 1. The zero-order valence-corrected chi connectivity index (χ0v) is 13.8. The second kappa shape index (κ2) is 7.99. The summed E-state index contributed by atoms with van der Waals surface area (Å²) in [5.41, 5.74) is 0.575. The molecule has 1 aliphatic heterocycles. The normalized spacial score (nSPS) is 21.0. The minimum atomic E-state index is -0.824. The molecule has 0 aliphatic carbocycles. The second-order valence-electron chi connectivity index (χ2n) is 6.05. The Morgan fingerprint density at radius 2 is 2.00 bits per heavy atom. The van der Waals surface area contributed by atoms with Crippen molar-refractivity contribution in [3.8, 4) is 5.75 Å². The molecule has 1 saturated heterocycles. The SMILES string of the molecule is CCCCOc1ccc(C(=O)N2CCC[C@H](C(=O)O)[C@@H]2C)cc1. The van der Waals surface area contributed by atoms with E-state index in [4.69, 9.17) is 4.74 Å². The van der Waals surface area contributed by atoms with Gasteiger partial charge in [0.15, 0.2) is 0 Å². The van der Waals surface area contributed by atoms with Gasteiger partial charge < -0.3 is 14.7 Å². The molecule has 2 rings (SSSR count). The lowest BCUT2D eigenvalue weighted by molar-refractivity contribution is -0.144. The maximum atomic E-state index is 12.6. The van der Waals surface area contributed by atoms with E-state index in [1.165, 1.54) is 0 Å². The van der Waals surface area contributed by atoms with Crippen molar-refractivity contribution in [3.05, 3.63) is 29.8 Å². The molecule has 5 heteroatoms. The number of carboxylic acid groups (broad SMARTS) is 1. The van der Waals surface area contributed by atoms with Crippen molar-refractivity contribution < 1.29 is 19.4 Å². The fourth-order valence-corrected chi connectivity index (χ4v) is 2.95. The summed E-state index contributed by atoms with van der Waals surface area (Å²) >= 11 is 0. The predicted octanol–water partition coefficient (Wildman–Crippen LogP) is 3.19. The fourth-order valence-electron chi connectivity index (χ4n) is 2.95. The van der Waals surface area contributed by atoms with Crippen molar-refractivity contribution >= 4 is 11.9 Å². The number of benzene rings is 1. The summed E-state index contributed by atoms with van der Waals surface area (Å²) in [5, 5.41) is 9.26. The highest BCUT2D eigenvalue weighted by molar-refractivity contribution is 5.95. The molecule has 23 heavy (non-hydrogen) atoms. The van der Waals surface area contributed by atoms with Crippen molar-refractivity contribution in [1.29, 1.82) is 0 Å². The van der Waals surface area contributed by atoms with E-state index in [0.717, 1.165) is 25.0 Å². The maximum absolute atomic E-state index is 12.6. The molecule has 0 radical (unpaired) electrons. The number of piperidine rings is 1. The Bertz CT molecular complexity index is 540. The van der Waals surface area contributed by atoms with Gasteiger partial charge in [0.05, 0.1) is 12.5 Å². The lowest BCUT2D eigenvalue weighted by atomic mass is 9.90. The number of unbranched alkanes of at least 4 members (excludes halogenated alkanes) is 1. The van der Waals surface area contributed by atoms with Gasteiger partial charge in [-0.15, -0.1) is 0 Å². The number of rotatable bonds is 6. The van der Waals surface area contributed by atoms with Gasteiger partial charge in [0, 0.05) is 18.2 Å². The van der Waals surface area contributed by atoms with Crippen LogP contribution in [0.1, 0.15) is 49.9 Å². The fraction of sp³-hybridized carbons (Fsp3) is 0.556. The van der Waals surface area contributed by atoms with Gasteiger partial charge in [-0.05, 0) is 50.5 Å². The number of aliphatic carboxylic acids is 1. The lowest BCUT2D eigenvalue weighted by Gasteiger charge is -2.37. The molecule has 1 N–H and O–H groups in total. The van der Waals surface area contributed by atoms with Gasteiger partial charge in [-0.25, -0.2) is 0 Å². The van der Waals surface area contributed by atoms with Gasteiger partial charge in [-0.2, -0.15) is 0 Å². The molecule has 2 atom stereocenters. The molecule has 0 unspecified atom stereocenters. The van der Waals surface area contributed by atoms with Crippen LogP contribution in [-0.2, 0) is 4.79 Å². The zero-order valence-electron chi connectivity index (χ0n) is 13.8. The minimum absolute atomic E-state index is 0.108. The summed E-state index contributed by atoms with van der Waals surface area (Å²) in [6.07, 6.45) is 3.44. The summed E-state index contributed by atoms with van der Waals surface area (Å²) in [7, 11) is 0. The Labute approximate surface area is 137 Å². The summed E-state index contributed by atoms with van der Waals surface area (Å²) in [6, 6.07) is 6.81. The number of carbonyl (C=O) groups excluding carboxylic acids is 1. The van der Waals surface area contributed by atoms with Crippen molar-refractivity contribution in [2.24, 2.45) is 5.92 Å². The van der Waals surface area contributed by atoms with E-state index in [-0.39, 0.29) is 11.9 Å². The third kappa shape index (κ3) is 4.24. The zero-order chi connectivity index (χ0) is 16.8. The molecule has 1 aromatic rings. The van der Waals surface area contributed by atoms with E-state index in [9.17, 15) is 14.7 Å². The Kier molecular flexibility index (Phi) is 6.02. The van der Waals surface area contributed by atoms with Crippen molar-refractivity contribution in [2.45, 2.75) is 45.6 Å². The summed E-state index contributed by atoms with van der Waals surface area (Å²) < 4.78 is 5.59. The lowest BCUT2D eigenvalue weighted by Crippen LogP contribution is -2.49. The van der Waals surface area contributed by atoms with Crippen LogP contribution in [-0.4, -0.2) is 41.1 Å². The van der Waals surface area contributed by atoms with Crippen LogP contribution in [0.2, 0.25) is 0 Å². The molecule has 1 amide bonds. The van der Waals surface area contributed by atoms with Gasteiger partial charge in [0.2, 0.25) is 0 Å². The van der Waals surface area contributed by atoms with Crippen LogP contribution in [0, 0.1) is 5.92 Å². The first-order valence-electron chi connectivity index (χ1n) is 8.31. The Morgan fingerprint density at radius 1 is 1.30 bits per heavy atom. The molecule has 0 aromatic heterocycles. The first kappa shape index (κ1) is 17.3. The summed E-state index contributed by atoms with van der Waals surface area (Å²) in [6.45, 7) is 5.21. The number of carboxylic acids is 1. The van der Waals surface area contributed by atoms with Crippen LogP contribution in [0.25, 0.3) is 0 Å². The largest absolute Gasteiger partial charge is 0.494 e. The number of ether oxygens (including phenoxy) is 1. The first-order chi connectivity index (χ1) is 11.0. The van der Waals surface area contributed by atoms with E-state index >= 15 is 0 Å². The molecule has 1 fully saturated rings. The van der Waals surface area contributed by atoms with E-state index in [0.29, 0.717) is 25.1 Å². The monoisotopic (exact) mass is 319 g/mol. The number of hydrogen-bond acceptors (Lipinski definition) is 3. The number of likely N-dealkylation sites (tertiary alicyclic amines) is 1. The second-order valence-corrected chi connectivity index (χ2v) is 6.05. The molecule has 0 bridgehead atoms. The summed E-state index contributed by atoms with van der Waals surface area (Å²) in [4.78, 5) is 25.6. The molecule has 1 aliphatic rings. The third-order valence-corrected chi connectivity index (χ3v) is 4.43. The average Bonchev–Trinajstić information content (AvgIpc) is 2.55. The van der Waals surface area contributed by atoms with Crippen molar-refractivity contribution in [3.63, 3.8) is 0 Å². The topological polar surface area (TPSA) is 66.8 Å². The molecule has 5 nitrogen and oxygen atoms in total. The van der Waals surface area contributed by atoms with Crippen LogP contribution in [0.15, 0.2) is 24.3 Å². The number of carbonyl (C=O) groups is 2. The van der Waals surface area contributed by atoms with Crippen LogP contribution in [0.4, 0.5) is 0 Å². The van der Waals surface area contributed by atoms with E-state index in [1.807, 2.05) is 6.92 Å². The van der Waals surface area contributed by atoms with Crippen molar-refractivity contribution in [1.82, 2.24) is 4.90 Å². The highest BCUT2D eigenvalue weighted by atomic mass is 16.5. The predicted molar refractivity (Wildman–Crippen MR) is 87.7 cm³/mol. The Hall–Kier alpha value is -2.04. The highest BCUT2D eigenvalue weighted by Crippen LogP contribution is 2.26. The van der Waals surface area contributed by atoms with Gasteiger partial charge in [0.25, 0.3) is 5.91 Å². The summed E-state index contributed by atoms with van der Waals surface area (Å²) in [5.74, 6) is -0.660. The molecule has 0 spiro atoms. The molecule has 1 heterocycles. The minimum Gasteiger partial charge on any atom is -0.494 e. The quantitative estimate of drug-likeness (QED) is 0.818. The van der Waals surface area contributed by atoms with Gasteiger partial charge in [0.1, 0.15) is 5.75 Å². The maximum Gasteiger partial charge on any atom is 0.308 e. The van der Waals surface area contributed by atoms with Crippen LogP contribution in [0.3, 0.4) is 0 Å². The Morgan fingerprint density at radius 3 is 2.61 bits per heavy atom. The molecule has 1 aromatic carbocycles. The highest BCUT2D eigenvalue weighted by Gasteiger charge is 2.35. The van der Waals surface area contributed by atoms with Crippen LogP contribution in [0.5, 0.6) is 5.75 Å². The van der Waals surface area contributed by atoms with Crippen molar-refractivity contribution in [2.75, 3.05) is 13.2 Å².